The lowest BCUT2D eigenvalue weighted by Crippen LogP contribution is -2.42. The molecule has 20 heavy (non-hydrogen) atoms. The van der Waals surface area contributed by atoms with Gasteiger partial charge in [0.1, 0.15) is 0 Å². The first-order valence-electron chi connectivity index (χ1n) is 7.40. The fourth-order valence-corrected chi connectivity index (χ4v) is 2.57. The number of hydrogen-bond donors (Lipinski definition) is 2. The number of hydrogen-bond acceptors (Lipinski definition) is 3. The molecule has 1 aliphatic rings. The molecule has 2 unspecified atom stereocenters. The van der Waals surface area contributed by atoms with Crippen LogP contribution in [0.4, 0.5) is 0 Å². The molecule has 0 bridgehead atoms. The summed E-state index contributed by atoms with van der Waals surface area (Å²) >= 11 is 0. The maximum atomic E-state index is 11.8. The minimum Gasteiger partial charge on any atom is -0.352 e. The van der Waals surface area contributed by atoms with E-state index in [0.29, 0.717) is 12.5 Å². The lowest BCUT2D eigenvalue weighted by molar-refractivity contribution is -0.122. The molecule has 1 amide bonds. The van der Waals surface area contributed by atoms with Crippen LogP contribution in [0.5, 0.6) is 0 Å². The first kappa shape index (κ1) is 22.3. The molecule has 0 aliphatic carbocycles. The van der Waals surface area contributed by atoms with Crippen LogP contribution in [0.2, 0.25) is 0 Å². The number of carbonyl (C=O) groups is 1. The summed E-state index contributed by atoms with van der Waals surface area (Å²) in [6, 6.07) is 0.808. The van der Waals surface area contributed by atoms with Gasteiger partial charge in [-0.05, 0) is 45.8 Å². The van der Waals surface area contributed by atoms with Crippen molar-refractivity contribution in [1.82, 2.24) is 15.5 Å². The third-order valence-electron chi connectivity index (χ3n) is 3.72. The van der Waals surface area contributed by atoms with Gasteiger partial charge < -0.3 is 15.5 Å². The molecular weight excluding hydrogens is 297 g/mol. The molecule has 6 heteroatoms. The zero-order chi connectivity index (χ0) is 13.4. The molecule has 4 nitrogen and oxygen atoms in total. The van der Waals surface area contributed by atoms with E-state index in [2.05, 4.69) is 36.3 Å². The van der Waals surface area contributed by atoms with E-state index in [1.165, 1.54) is 12.8 Å². The third kappa shape index (κ3) is 9.01. The first-order chi connectivity index (χ1) is 8.65. The summed E-state index contributed by atoms with van der Waals surface area (Å²) in [6.07, 6.45) is 4.11. The maximum absolute atomic E-state index is 11.8. The number of nitrogens with zero attached hydrogens (tertiary/aromatic N) is 1. The summed E-state index contributed by atoms with van der Waals surface area (Å²) in [5, 5.41) is 6.52. The highest BCUT2D eigenvalue weighted by atomic mass is 35.5. The Bertz CT molecular complexity index is 245. The van der Waals surface area contributed by atoms with E-state index in [9.17, 15) is 4.79 Å². The fraction of sp³-hybridized carbons (Fsp3) is 0.929. The molecule has 0 radical (unpaired) electrons. The molecule has 0 aromatic carbocycles. The lowest BCUT2D eigenvalue weighted by atomic mass is 10.1. The molecule has 0 aromatic heterocycles. The number of carbonyl (C=O) groups excluding carboxylic acids is 1. The molecule has 1 aliphatic heterocycles. The van der Waals surface area contributed by atoms with Crippen LogP contribution in [0.3, 0.4) is 0 Å². The summed E-state index contributed by atoms with van der Waals surface area (Å²) in [4.78, 5) is 14.1. The molecule has 0 spiro atoms. The van der Waals surface area contributed by atoms with E-state index >= 15 is 0 Å². The van der Waals surface area contributed by atoms with E-state index in [4.69, 9.17) is 0 Å². The predicted octanol–water partition coefficient (Wildman–Crippen LogP) is 2.21. The highest BCUT2D eigenvalue weighted by Gasteiger charge is 2.16. The van der Waals surface area contributed by atoms with Gasteiger partial charge in [0.05, 0.1) is 0 Å². The molecule has 2 atom stereocenters. The Hall–Kier alpha value is -0.0300. The minimum atomic E-state index is 0. The van der Waals surface area contributed by atoms with E-state index in [1.54, 1.807) is 0 Å². The molecule has 1 heterocycles. The van der Waals surface area contributed by atoms with Gasteiger partial charge in [0.2, 0.25) is 5.91 Å². The smallest absolute Gasteiger partial charge is 0.220 e. The van der Waals surface area contributed by atoms with Crippen molar-refractivity contribution >= 4 is 30.7 Å². The van der Waals surface area contributed by atoms with Crippen LogP contribution in [0.15, 0.2) is 0 Å². The van der Waals surface area contributed by atoms with Gasteiger partial charge in [-0.15, -0.1) is 24.8 Å². The van der Waals surface area contributed by atoms with Crippen molar-refractivity contribution in [2.75, 3.05) is 26.2 Å². The largest absolute Gasteiger partial charge is 0.352 e. The number of amides is 1. The topological polar surface area (TPSA) is 44.4 Å². The Balaban J connectivity index is 0. The van der Waals surface area contributed by atoms with Crippen LogP contribution in [0.25, 0.3) is 0 Å². The van der Waals surface area contributed by atoms with Crippen molar-refractivity contribution in [2.45, 2.75) is 58.5 Å². The Kier molecular flexibility index (Phi) is 14.1. The Morgan fingerprint density at radius 2 is 2.00 bits per heavy atom. The predicted molar refractivity (Wildman–Crippen MR) is 90.1 cm³/mol. The first-order valence-corrected chi connectivity index (χ1v) is 7.40. The third-order valence-corrected chi connectivity index (χ3v) is 3.72. The lowest BCUT2D eigenvalue weighted by Gasteiger charge is -2.23. The average molecular weight is 328 g/mol. The molecule has 122 valence electrons. The summed E-state index contributed by atoms with van der Waals surface area (Å²) < 4.78 is 0. The van der Waals surface area contributed by atoms with Gasteiger partial charge in [-0.3, -0.25) is 4.79 Å². The molecule has 1 rings (SSSR count). The van der Waals surface area contributed by atoms with Gasteiger partial charge in [0, 0.05) is 25.0 Å². The second kappa shape index (κ2) is 12.7. The van der Waals surface area contributed by atoms with Gasteiger partial charge in [0.15, 0.2) is 0 Å². The Labute approximate surface area is 136 Å². The van der Waals surface area contributed by atoms with E-state index in [-0.39, 0.29) is 36.8 Å². The van der Waals surface area contributed by atoms with Gasteiger partial charge in [-0.2, -0.15) is 0 Å². The highest BCUT2D eigenvalue weighted by Crippen LogP contribution is 2.10. The van der Waals surface area contributed by atoms with Gasteiger partial charge in [-0.25, -0.2) is 0 Å². The molecule has 1 fully saturated rings. The molecule has 0 aromatic rings. The monoisotopic (exact) mass is 327 g/mol. The van der Waals surface area contributed by atoms with Crippen LogP contribution < -0.4 is 10.6 Å². The van der Waals surface area contributed by atoms with Crippen LogP contribution in [0.1, 0.15) is 46.5 Å². The quantitative estimate of drug-likeness (QED) is 0.718. The Morgan fingerprint density at radius 3 is 2.50 bits per heavy atom. The van der Waals surface area contributed by atoms with Crippen molar-refractivity contribution in [3.8, 4) is 0 Å². The molecule has 0 saturated carbocycles. The van der Waals surface area contributed by atoms with Crippen molar-refractivity contribution in [3.63, 3.8) is 0 Å². The van der Waals surface area contributed by atoms with Crippen LogP contribution in [-0.2, 0) is 4.79 Å². The molecule has 2 N–H and O–H groups in total. The average Bonchev–Trinajstić information content (AvgIpc) is 2.86. The standard InChI is InChI=1S/C14H29N3O.2ClH/c1-4-17(5-2)11-12(3)16-14(18)9-8-13-7-6-10-15-13;;/h12-13,15H,4-11H2,1-3H3,(H,16,18);2*1H. The highest BCUT2D eigenvalue weighted by molar-refractivity contribution is 5.85. The van der Waals surface area contributed by atoms with Crippen LogP contribution in [-0.4, -0.2) is 49.1 Å². The second-order valence-corrected chi connectivity index (χ2v) is 5.29. The summed E-state index contributed by atoms with van der Waals surface area (Å²) in [7, 11) is 0. The number of likely N-dealkylation sites (N-methyl/N-ethyl adjacent to an activating group) is 1. The van der Waals surface area contributed by atoms with Crippen LogP contribution >= 0.6 is 24.8 Å². The number of nitrogens with one attached hydrogen (secondary N) is 2. The van der Waals surface area contributed by atoms with Crippen molar-refractivity contribution < 1.29 is 4.79 Å². The Morgan fingerprint density at radius 1 is 1.35 bits per heavy atom. The summed E-state index contributed by atoms with van der Waals surface area (Å²) in [5.41, 5.74) is 0. The molecular formula is C14H31Cl2N3O. The van der Waals surface area contributed by atoms with Gasteiger partial charge >= 0.3 is 0 Å². The molecule has 1 saturated heterocycles. The normalized spacial score (nSPS) is 19.1. The maximum Gasteiger partial charge on any atom is 0.220 e. The zero-order valence-corrected chi connectivity index (χ0v) is 14.6. The summed E-state index contributed by atoms with van der Waals surface area (Å²) in [5.74, 6) is 0.198. The van der Waals surface area contributed by atoms with Crippen molar-refractivity contribution in [2.24, 2.45) is 0 Å². The van der Waals surface area contributed by atoms with E-state index in [1.807, 2.05) is 0 Å². The van der Waals surface area contributed by atoms with Crippen molar-refractivity contribution in [1.29, 1.82) is 0 Å². The summed E-state index contributed by atoms with van der Waals surface area (Å²) in [6.45, 7) is 10.5. The number of rotatable bonds is 8. The van der Waals surface area contributed by atoms with Gasteiger partial charge in [-0.1, -0.05) is 13.8 Å². The van der Waals surface area contributed by atoms with E-state index < -0.39 is 0 Å². The fourth-order valence-electron chi connectivity index (χ4n) is 2.57. The SMILES string of the molecule is CCN(CC)CC(C)NC(=O)CCC1CCCN1.Cl.Cl. The van der Waals surface area contributed by atoms with Gasteiger partial charge in [0.25, 0.3) is 0 Å². The second-order valence-electron chi connectivity index (χ2n) is 5.29. The van der Waals surface area contributed by atoms with Crippen molar-refractivity contribution in [3.05, 3.63) is 0 Å². The zero-order valence-electron chi connectivity index (χ0n) is 13.0. The number of halogens is 2. The minimum absolute atomic E-state index is 0. The van der Waals surface area contributed by atoms with Crippen LogP contribution in [0, 0.1) is 0 Å². The van der Waals surface area contributed by atoms with E-state index in [0.717, 1.165) is 32.6 Å².